The molecule has 0 aliphatic rings. The Hall–Kier alpha value is -2.30. The second kappa shape index (κ2) is 6.64. The Bertz CT molecular complexity index is 751. The predicted octanol–water partition coefficient (Wildman–Crippen LogP) is 4.20. The van der Waals surface area contributed by atoms with Gasteiger partial charge >= 0.3 is 5.97 Å². The lowest BCUT2D eigenvalue weighted by Gasteiger charge is -2.06. The number of rotatable bonds is 4. The van der Waals surface area contributed by atoms with Crippen LogP contribution in [0.5, 0.6) is 5.75 Å². The summed E-state index contributed by atoms with van der Waals surface area (Å²) in [6, 6.07) is 10.4. The number of carbonyl (C=O) groups is 2. The lowest BCUT2D eigenvalue weighted by atomic mass is 10.0. The van der Waals surface area contributed by atoms with Crippen molar-refractivity contribution >= 4 is 35.0 Å². The summed E-state index contributed by atoms with van der Waals surface area (Å²) < 4.78 is 4.81. The van der Waals surface area contributed by atoms with E-state index < -0.39 is 11.7 Å². The highest BCUT2D eigenvalue weighted by atomic mass is 35.5. The van der Waals surface area contributed by atoms with Gasteiger partial charge in [-0.1, -0.05) is 23.2 Å². The maximum atomic E-state index is 12.3. The molecule has 6 heteroatoms. The summed E-state index contributed by atoms with van der Waals surface area (Å²) in [5.74, 6) is -1.77. The minimum atomic E-state index is -0.958. The highest BCUT2D eigenvalue weighted by Crippen LogP contribution is 2.24. The highest BCUT2D eigenvalue weighted by Gasteiger charge is 2.14. The molecule has 0 saturated heterocycles. The number of hydrogen-bond donors (Lipinski definition) is 1. The molecule has 22 heavy (non-hydrogen) atoms. The van der Waals surface area contributed by atoms with Gasteiger partial charge in [0.25, 0.3) is 0 Å². The van der Waals surface area contributed by atoms with Crippen LogP contribution in [0.3, 0.4) is 0 Å². The lowest BCUT2D eigenvalue weighted by Crippen LogP contribution is -2.10. The zero-order chi connectivity index (χ0) is 16.3. The minimum absolute atomic E-state index is 0.180. The summed E-state index contributed by atoms with van der Waals surface area (Å²) in [7, 11) is 0. The van der Waals surface area contributed by atoms with Gasteiger partial charge in [-0.3, -0.25) is 4.79 Å². The molecular formula is C16H10Cl2O4. The summed E-state index contributed by atoms with van der Waals surface area (Å²) in [5, 5.41) is 9.57. The van der Waals surface area contributed by atoms with Gasteiger partial charge in [-0.25, -0.2) is 4.79 Å². The van der Waals surface area contributed by atoms with Gasteiger partial charge in [0.1, 0.15) is 5.75 Å². The fourth-order valence-electron chi connectivity index (χ4n) is 1.67. The normalized spacial score (nSPS) is 10.1. The molecule has 0 aliphatic heterocycles. The first-order valence-electron chi connectivity index (χ1n) is 6.08. The summed E-state index contributed by atoms with van der Waals surface area (Å²) in [5.41, 5.74) is 0.686. The molecular weight excluding hydrogens is 327 g/mol. The molecule has 0 spiro atoms. The molecule has 0 aliphatic carbocycles. The van der Waals surface area contributed by atoms with Crippen molar-refractivity contribution in [1.29, 1.82) is 0 Å². The molecule has 0 heterocycles. The number of benzene rings is 2. The average molecular weight is 337 g/mol. The number of aliphatic hydroxyl groups excluding tert-OH is 1. The molecule has 0 fully saturated rings. The van der Waals surface area contributed by atoms with Crippen LogP contribution in [-0.2, 0) is 4.79 Å². The van der Waals surface area contributed by atoms with Crippen molar-refractivity contribution in [1.82, 2.24) is 0 Å². The molecule has 2 aromatic rings. The van der Waals surface area contributed by atoms with Gasteiger partial charge in [-0.05, 0) is 49.0 Å². The van der Waals surface area contributed by atoms with E-state index in [0.29, 0.717) is 16.1 Å². The Morgan fingerprint density at radius 1 is 1.05 bits per heavy atom. The van der Waals surface area contributed by atoms with Crippen molar-refractivity contribution < 1.29 is 19.4 Å². The van der Waals surface area contributed by atoms with Crippen LogP contribution in [0.2, 0.25) is 10.0 Å². The largest absolute Gasteiger partial charge is 0.502 e. The van der Waals surface area contributed by atoms with Crippen LogP contribution in [-0.4, -0.2) is 16.9 Å². The third-order valence-corrected chi connectivity index (χ3v) is 3.29. The van der Waals surface area contributed by atoms with Gasteiger partial charge in [-0.15, -0.1) is 0 Å². The molecule has 112 valence electrons. The fourth-order valence-corrected chi connectivity index (χ4v) is 2.16. The van der Waals surface area contributed by atoms with Crippen molar-refractivity contribution in [2.75, 3.05) is 0 Å². The Kier molecular flexibility index (Phi) is 4.85. The third kappa shape index (κ3) is 3.67. The summed E-state index contributed by atoms with van der Waals surface area (Å²) in [6.45, 7) is 3.05. The van der Waals surface area contributed by atoms with Crippen molar-refractivity contribution in [3.8, 4) is 5.75 Å². The zero-order valence-electron chi connectivity index (χ0n) is 11.2. The third-order valence-electron chi connectivity index (χ3n) is 2.74. The number of ether oxygens (including phenoxy) is 1. The quantitative estimate of drug-likeness (QED) is 0.299. The van der Waals surface area contributed by atoms with E-state index >= 15 is 0 Å². The van der Waals surface area contributed by atoms with Crippen LogP contribution in [0.25, 0.3) is 0 Å². The zero-order valence-corrected chi connectivity index (χ0v) is 12.7. The van der Waals surface area contributed by atoms with Gasteiger partial charge in [0, 0.05) is 16.1 Å². The molecule has 0 atom stereocenters. The van der Waals surface area contributed by atoms with Crippen LogP contribution in [0.15, 0.2) is 54.8 Å². The Labute approximate surface area is 136 Å². The molecule has 4 nitrogen and oxygen atoms in total. The van der Waals surface area contributed by atoms with Gasteiger partial charge in [-0.2, -0.15) is 0 Å². The monoisotopic (exact) mass is 336 g/mol. The predicted molar refractivity (Wildman–Crippen MR) is 83.7 cm³/mol. The van der Waals surface area contributed by atoms with Gasteiger partial charge < -0.3 is 9.84 Å². The van der Waals surface area contributed by atoms with E-state index in [9.17, 15) is 9.59 Å². The second-order valence-corrected chi connectivity index (χ2v) is 5.16. The number of carbonyl (C=O) groups excluding carboxylic acids is 2. The van der Waals surface area contributed by atoms with E-state index in [1.807, 2.05) is 0 Å². The van der Waals surface area contributed by atoms with Crippen LogP contribution >= 0.6 is 23.2 Å². The SMILES string of the molecule is C=C(O)C(=O)Oc1ccc(C(=O)c2ccc(Cl)cc2Cl)cc1. The first kappa shape index (κ1) is 16.1. The second-order valence-electron chi connectivity index (χ2n) is 4.31. The standard InChI is InChI=1S/C16H10Cl2O4/c1-9(19)16(21)22-12-5-2-10(3-6-12)15(20)13-7-4-11(17)8-14(13)18/h2-8,19H,1H2. The number of hydrogen-bond acceptors (Lipinski definition) is 4. The molecule has 1 N–H and O–H groups in total. The Balaban J connectivity index is 2.21. The van der Waals surface area contributed by atoms with Crippen LogP contribution in [0.4, 0.5) is 0 Å². The topological polar surface area (TPSA) is 63.6 Å². The molecule has 0 radical (unpaired) electrons. The molecule has 2 aromatic carbocycles. The molecule has 0 bridgehead atoms. The highest BCUT2D eigenvalue weighted by molar-refractivity contribution is 6.37. The Morgan fingerprint density at radius 2 is 1.68 bits per heavy atom. The summed E-state index contributed by atoms with van der Waals surface area (Å²) in [4.78, 5) is 23.5. The number of aliphatic hydroxyl groups is 1. The van der Waals surface area contributed by atoms with E-state index in [2.05, 4.69) is 6.58 Å². The van der Waals surface area contributed by atoms with Crippen molar-refractivity contribution in [3.05, 3.63) is 76.0 Å². The first-order valence-corrected chi connectivity index (χ1v) is 6.84. The van der Waals surface area contributed by atoms with Gasteiger partial charge in [0.15, 0.2) is 11.5 Å². The molecule has 2 rings (SSSR count). The van der Waals surface area contributed by atoms with E-state index in [0.717, 1.165) is 0 Å². The Morgan fingerprint density at radius 3 is 2.23 bits per heavy atom. The van der Waals surface area contributed by atoms with Crippen LogP contribution in [0, 0.1) is 0 Å². The van der Waals surface area contributed by atoms with Crippen LogP contribution in [0.1, 0.15) is 15.9 Å². The maximum absolute atomic E-state index is 12.3. The first-order chi connectivity index (χ1) is 10.4. The van der Waals surface area contributed by atoms with E-state index in [4.69, 9.17) is 33.0 Å². The number of esters is 1. The van der Waals surface area contributed by atoms with Crippen LogP contribution < -0.4 is 4.74 Å². The molecule has 0 amide bonds. The summed E-state index contributed by atoms with van der Waals surface area (Å²) in [6.07, 6.45) is 0. The van der Waals surface area contributed by atoms with E-state index in [1.165, 1.54) is 36.4 Å². The van der Waals surface area contributed by atoms with Crippen molar-refractivity contribution in [2.24, 2.45) is 0 Å². The maximum Gasteiger partial charge on any atom is 0.378 e. The average Bonchev–Trinajstić information content (AvgIpc) is 2.47. The smallest absolute Gasteiger partial charge is 0.378 e. The molecule has 0 aromatic heterocycles. The number of ketones is 1. The minimum Gasteiger partial charge on any atom is -0.502 e. The van der Waals surface area contributed by atoms with Gasteiger partial charge in [0.2, 0.25) is 0 Å². The summed E-state index contributed by atoms with van der Waals surface area (Å²) >= 11 is 11.8. The van der Waals surface area contributed by atoms with E-state index in [1.54, 1.807) is 6.07 Å². The molecule has 0 saturated carbocycles. The van der Waals surface area contributed by atoms with Crippen molar-refractivity contribution in [3.63, 3.8) is 0 Å². The van der Waals surface area contributed by atoms with Gasteiger partial charge in [0.05, 0.1) is 5.02 Å². The lowest BCUT2D eigenvalue weighted by molar-refractivity contribution is -0.132. The molecule has 0 unspecified atom stereocenters. The number of halogens is 2. The van der Waals surface area contributed by atoms with Crippen molar-refractivity contribution in [2.45, 2.75) is 0 Å². The fraction of sp³-hybridized carbons (Fsp3) is 0. The van der Waals surface area contributed by atoms with E-state index in [-0.39, 0.29) is 16.6 Å².